The van der Waals surface area contributed by atoms with Crippen LogP contribution in [-0.2, 0) is 0 Å². The van der Waals surface area contributed by atoms with E-state index in [-0.39, 0.29) is 0 Å². The van der Waals surface area contributed by atoms with Gasteiger partial charge in [-0.25, -0.2) is 0 Å². The van der Waals surface area contributed by atoms with Gasteiger partial charge >= 0.3 is 0 Å². The summed E-state index contributed by atoms with van der Waals surface area (Å²) in [5.41, 5.74) is 3.50. The molecule has 0 aliphatic rings. The highest BCUT2D eigenvalue weighted by molar-refractivity contribution is 5.69. The highest BCUT2D eigenvalue weighted by Gasteiger charge is 2.01. The summed E-state index contributed by atoms with van der Waals surface area (Å²) in [5, 5.41) is 0. The normalized spacial score (nSPS) is 10.9. The summed E-state index contributed by atoms with van der Waals surface area (Å²) in [6.45, 7) is 0. The molecule has 3 heterocycles. The van der Waals surface area contributed by atoms with Crippen molar-refractivity contribution in [2.45, 2.75) is 0 Å². The lowest BCUT2D eigenvalue weighted by Crippen LogP contribution is -1.76. The van der Waals surface area contributed by atoms with Crippen LogP contribution in [0.2, 0.25) is 0 Å². The van der Waals surface area contributed by atoms with E-state index in [1.165, 1.54) is 11.1 Å². The first kappa shape index (κ1) is 7.44. The van der Waals surface area contributed by atoms with Gasteiger partial charge in [0.1, 0.15) is 0 Å². The van der Waals surface area contributed by atoms with Crippen LogP contribution in [0.1, 0.15) is 0 Å². The largest absolute Gasteiger partial charge is 0.472 e. The Bertz CT molecular complexity index is 515. The van der Waals surface area contributed by atoms with Gasteiger partial charge in [0.25, 0.3) is 0 Å². The number of rotatable bonds is 1. The van der Waals surface area contributed by atoms with E-state index < -0.39 is 0 Å². The topological polar surface area (TPSA) is 17.6 Å². The van der Waals surface area contributed by atoms with Gasteiger partial charge in [0.15, 0.2) is 0 Å². The zero-order valence-electron chi connectivity index (χ0n) is 7.55. The molecule has 2 nitrogen and oxygen atoms in total. The van der Waals surface area contributed by atoms with Crippen LogP contribution in [0.4, 0.5) is 0 Å². The summed E-state index contributed by atoms with van der Waals surface area (Å²) in [4.78, 5) is 0. The number of hydrogen-bond acceptors (Lipinski definition) is 1. The number of fused-ring (bicyclic) bond motifs is 1. The molecule has 0 bridgehead atoms. The summed E-state index contributed by atoms with van der Waals surface area (Å²) in [6.07, 6.45) is 7.59. The molecule has 3 rings (SSSR count). The van der Waals surface area contributed by atoms with Crippen molar-refractivity contribution in [3.8, 4) is 11.1 Å². The molecule has 0 saturated carbocycles. The molecule has 0 spiro atoms. The first-order chi connectivity index (χ1) is 6.93. The van der Waals surface area contributed by atoms with Gasteiger partial charge in [-0.05, 0) is 24.3 Å². The lowest BCUT2D eigenvalue weighted by Gasteiger charge is -1.89. The summed E-state index contributed by atoms with van der Waals surface area (Å²) in [7, 11) is 0. The molecular weight excluding hydrogens is 174 g/mol. The third-order valence-electron chi connectivity index (χ3n) is 2.36. The minimum absolute atomic E-state index is 1.12. The second-order valence-electron chi connectivity index (χ2n) is 3.27. The van der Waals surface area contributed by atoms with Gasteiger partial charge < -0.3 is 8.82 Å². The van der Waals surface area contributed by atoms with Gasteiger partial charge in [-0.2, -0.15) is 0 Å². The predicted molar refractivity (Wildman–Crippen MR) is 55.1 cm³/mol. The second-order valence-corrected chi connectivity index (χ2v) is 3.27. The Morgan fingerprint density at radius 2 is 2.07 bits per heavy atom. The maximum absolute atomic E-state index is 5.06. The van der Waals surface area contributed by atoms with Crippen molar-refractivity contribution < 1.29 is 4.42 Å². The summed E-state index contributed by atoms with van der Waals surface area (Å²) < 4.78 is 7.16. The van der Waals surface area contributed by atoms with Crippen LogP contribution in [0.5, 0.6) is 0 Å². The molecule has 14 heavy (non-hydrogen) atoms. The molecular formula is C12H9NO. The summed E-state index contributed by atoms with van der Waals surface area (Å²) in [5.74, 6) is 0. The molecule has 0 unspecified atom stereocenters. The molecule has 68 valence electrons. The highest BCUT2D eigenvalue weighted by Crippen LogP contribution is 2.22. The van der Waals surface area contributed by atoms with Crippen LogP contribution in [0, 0.1) is 0 Å². The fraction of sp³-hybridized carbons (Fsp3) is 0. The van der Waals surface area contributed by atoms with Crippen molar-refractivity contribution in [2.24, 2.45) is 0 Å². The van der Waals surface area contributed by atoms with Crippen molar-refractivity contribution in [3.05, 3.63) is 55.3 Å². The Morgan fingerprint density at radius 1 is 1.07 bits per heavy atom. The lowest BCUT2D eigenvalue weighted by atomic mass is 10.2. The molecule has 0 atom stereocenters. The van der Waals surface area contributed by atoms with Crippen LogP contribution in [0.3, 0.4) is 0 Å². The van der Waals surface area contributed by atoms with Gasteiger partial charge in [-0.15, -0.1) is 0 Å². The molecule has 0 aliphatic carbocycles. The molecule has 0 aliphatic heterocycles. The molecule has 0 fully saturated rings. The second kappa shape index (κ2) is 2.77. The number of aromatic nitrogens is 1. The summed E-state index contributed by atoms with van der Waals surface area (Å²) >= 11 is 0. The van der Waals surface area contributed by atoms with Gasteiger partial charge in [0, 0.05) is 29.0 Å². The highest BCUT2D eigenvalue weighted by atomic mass is 16.3. The van der Waals surface area contributed by atoms with Gasteiger partial charge in [0.05, 0.1) is 12.5 Å². The molecule has 3 aromatic rings. The minimum atomic E-state index is 1.12. The molecule has 2 heteroatoms. The predicted octanol–water partition coefficient (Wildman–Crippen LogP) is 3.20. The Morgan fingerprint density at radius 3 is 2.86 bits per heavy atom. The van der Waals surface area contributed by atoms with Crippen molar-refractivity contribution in [1.29, 1.82) is 0 Å². The van der Waals surface area contributed by atoms with Crippen molar-refractivity contribution in [3.63, 3.8) is 0 Å². The van der Waals surface area contributed by atoms with Crippen molar-refractivity contribution in [1.82, 2.24) is 4.40 Å². The zero-order chi connectivity index (χ0) is 9.38. The monoisotopic (exact) mass is 183 g/mol. The summed E-state index contributed by atoms with van der Waals surface area (Å²) in [6, 6.07) is 10.3. The average molecular weight is 183 g/mol. The number of hydrogen-bond donors (Lipinski definition) is 0. The first-order valence-corrected chi connectivity index (χ1v) is 4.53. The molecule has 0 N–H and O–H groups in total. The Kier molecular flexibility index (Phi) is 1.47. The molecule has 0 aromatic carbocycles. The molecule has 0 amide bonds. The molecule has 3 aromatic heterocycles. The van der Waals surface area contributed by atoms with E-state index in [2.05, 4.69) is 22.7 Å². The van der Waals surface area contributed by atoms with E-state index >= 15 is 0 Å². The zero-order valence-corrected chi connectivity index (χ0v) is 7.55. The lowest BCUT2D eigenvalue weighted by molar-refractivity contribution is 0.568. The first-order valence-electron chi connectivity index (χ1n) is 4.53. The maximum Gasteiger partial charge on any atom is 0.0981 e. The quantitative estimate of drug-likeness (QED) is 0.566. The number of furan rings is 1. The van der Waals surface area contributed by atoms with E-state index in [1.807, 2.05) is 24.4 Å². The third kappa shape index (κ3) is 1.04. The Balaban J connectivity index is 2.24. The number of nitrogens with zero attached hydrogens (tertiary/aromatic N) is 1. The van der Waals surface area contributed by atoms with E-state index in [0.29, 0.717) is 0 Å². The van der Waals surface area contributed by atoms with Gasteiger partial charge in [-0.3, -0.25) is 0 Å². The SMILES string of the molecule is c1ccn2cc(-c3ccoc3)cc2c1. The maximum atomic E-state index is 5.06. The average Bonchev–Trinajstić information content (AvgIpc) is 2.86. The third-order valence-corrected chi connectivity index (χ3v) is 2.36. The smallest absolute Gasteiger partial charge is 0.0981 e. The van der Waals surface area contributed by atoms with Gasteiger partial charge in [0.2, 0.25) is 0 Å². The fourth-order valence-electron chi connectivity index (χ4n) is 1.64. The van der Waals surface area contributed by atoms with E-state index in [1.54, 1.807) is 12.5 Å². The van der Waals surface area contributed by atoms with Crippen LogP contribution in [-0.4, -0.2) is 4.40 Å². The minimum Gasteiger partial charge on any atom is -0.472 e. The van der Waals surface area contributed by atoms with Crippen LogP contribution in [0.25, 0.3) is 16.6 Å². The van der Waals surface area contributed by atoms with E-state index in [4.69, 9.17) is 4.42 Å². The molecule has 0 saturated heterocycles. The van der Waals surface area contributed by atoms with Crippen molar-refractivity contribution >= 4 is 5.52 Å². The van der Waals surface area contributed by atoms with Crippen LogP contribution < -0.4 is 0 Å². The standard InChI is InChI=1S/C12H9NO/c1-2-5-13-8-11(7-12(13)3-1)10-4-6-14-9-10/h1-9H. The van der Waals surface area contributed by atoms with Crippen LogP contribution >= 0.6 is 0 Å². The van der Waals surface area contributed by atoms with Crippen molar-refractivity contribution in [2.75, 3.05) is 0 Å². The number of pyridine rings is 1. The van der Waals surface area contributed by atoms with Gasteiger partial charge in [-0.1, -0.05) is 6.07 Å². The van der Waals surface area contributed by atoms with E-state index in [9.17, 15) is 0 Å². The Labute approximate surface area is 81.4 Å². The van der Waals surface area contributed by atoms with E-state index in [0.717, 1.165) is 5.56 Å². The molecule has 0 radical (unpaired) electrons. The van der Waals surface area contributed by atoms with Crippen LogP contribution in [0.15, 0.2) is 59.7 Å². The fourth-order valence-corrected chi connectivity index (χ4v) is 1.64. The Hall–Kier alpha value is -1.96.